The summed E-state index contributed by atoms with van der Waals surface area (Å²) in [6, 6.07) is 7.69. The summed E-state index contributed by atoms with van der Waals surface area (Å²) in [4.78, 5) is 4.23. The zero-order chi connectivity index (χ0) is 13.8. The molecular weight excluding hydrogens is 306 g/mol. The van der Waals surface area contributed by atoms with Gasteiger partial charge >= 0.3 is 0 Å². The molecule has 0 aliphatic rings. The molecule has 0 fully saturated rings. The average molecular weight is 324 g/mol. The highest BCUT2D eigenvalue weighted by atomic mass is 79.9. The Morgan fingerprint density at radius 2 is 1.95 bits per heavy atom. The molecule has 4 nitrogen and oxygen atoms in total. The summed E-state index contributed by atoms with van der Waals surface area (Å²) in [6.07, 6.45) is 1.48. The van der Waals surface area contributed by atoms with Crippen LogP contribution in [0.2, 0.25) is 0 Å². The van der Waals surface area contributed by atoms with Crippen molar-refractivity contribution in [2.75, 3.05) is 0 Å². The van der Waals surface area contributed by atoms with E-state index in [0.29, 0.717) is 12.3 Å². The van der Waals surface area contributed by atoms with Gasteiger partial charge in [-0.1, -0.05) is 41.9 Å². The van der Waals surface area contributed by atoms with Crippen LogP contribution in [0.25, 0.3) is 0 Å². The number of aliphatic hydroxyl groups excluding tert-OH is 1. The average Bonchev–Trinajstić information content (AvgIpc) is 2.76. The predicted octanol–water partition coefficient (Wildman–Crippen LogP) is 2.97. The normalized spacial score (nSPS) is 12.9. The van der Waals surface area contributed by atoms with E-state index in [2.05, 4.69) is 39.9 Å². The first kappa shape index (κ1) is 14.2. The van der Waals surface area contributed by atoms with Crippen LogP contribution >= 0.6 is 15.9 Å². The Kier molecular flexibility index (Phi) is 4.71. The van der Waals surface area contributed by atoms with E-state index >= 15 is 0 Å². The van der Waals surface area contributed by atoms with Crippen LogP contribution < -0.4 is 0 Å². The Morgan fingerprint density at radius 1 is 1.26 bits per heavy atom. The molecular formula is C14H18BrN3O. The highest BCUT2D eigenvalue weighted by Crippen LogP contribution is 2.20. The fourth-order valence-corrected chi connectivity index (χ4v) is 2.18. The van der Waals surface area contributed by atoms with E-state index in [-0.39, 0.29) is 0 Å². The summed E-state index contributed by atoms with van der Waals surface area (Å²) < 4.78 is 2.87. The summed E-state index contributed by atoms with van der Waals surface area (Å²) in [6.45, 7) is 5.09. The molecule has 0 radical (unpaired) electrons. The molecule has 0 saturated heterocycles. The third-order valence-corrected chi connectivity index (χ3v) is 3.39. The molecule has 19 heavy (non-hydrogen) atoms. The molecule has 0 aliphatic heterocycles. The Balaban J connectivity index is 2.08. The standard InChI is InChI=1S/C14H18BrN3O/c1-10(2)8-18-14(16-9-17-18)7-13(19)11-3-5-12(15)6-4-11/h3-6,9-10,13,19H,7-8H2,1-2H3. The van der Waals surface area contributed by atoms with Crippen molar-refractivity contribution in [1.29, 1.82) is 0 Å². The SMILES string of the molecule is CC(C)Cn1ncnc1CC(O)c1ccc(Br)cc1. The fraction of sp³-hybridized carbons (Fsp3) is 0.429. The summed E-state index contributed by atoms with van der Waals surface area (Å²) in [5.41, 5.74) is 0.891. The second kappa shape index (κ2) is 6.30. The van der Waals surface area contributed by atoms with Gasteiger partial charge in [0.25, 0.3) is 0 Å². The van der Waals surface area contributed by atoms with Crippen molar-refractivity contribution in [2.24, 2.45) is 5.92 Å². The van der Waals surface area contributed by atoms with Gasteiger partial charge in [-0.05, 0) is 23.6 Å². The van der Waals surface area contributed by atoms with Crippen LogP contribution in [0, 0.1) is 5.92 Å². The Hall–Kier alpha value is -1.20. The number of hydrogen-bond acceptors (Lipinski definition) is 3. The van der Waals surface area contributed by atoms with Gasteiger partial charge in [0, 0.05) is 17.4 Å². The molecule has 0 aliphatic carbocycles. The van der Waals surface area contributed by atoms with E-state index in [4.69, 9.17) is 0 Å². The van der Waals surface area contributed by atoms with Gasteiger partial charge in [-0.15, -0.1) is 0 Å². The number of aromatic nitrogens is 3. The minimum absolute atomic E-state index is 0.481. The Bertz CT molecular complexity index is 522. The van der Waals surface area contributed by atoms with Crippen LogP contribution in [0.5, 0.6) is 0 Å². The molecule has 1 atom stereocenters. The van der Waals surface area contributed by atoms with Gasteiger partial charge in [-0.3, -0.25) is 0 Å². The van der Waals surface area contributed by atoms with E-state index in [0.717, 1.165) is 22.4 Å². The van der Waals surface area contributed by atoms with Crippen LogP contribution in [0.1, 0.15) is 31.3 Å². The Morgan fingerprint density at radius 3 is 2.58 bits per heavy atom. The van der Waals surface area contributed by atoms with Crippen molar-refractivity contribution in [3.05, 3.63) is 46.5 Å². The molecule has 102 valence electrons. The van der Waals surface area contributed by atoms with E-state index in [1.165, 1.54) is 0 Å². The zero-order valence-electron chi connectivity index (χ0n) is 11.1. The summed E-state index contributed by atoms with van der Waals surface area (Å²) in [5.74, 6) is 1.33. The van der Waals surface area contributed by atoms with E-state index in [1.54, 1.807) is 6.33 Å². The van der Waals surface area contributed by atoms with E-state index in [1.807, 2.05) is 28.9 Å². The maximum atomic E-state index is 10.2. The maximum absolute atomic E-state index is 10.2. The molecule has 2 aromatic rings. The lowest BCUT2D eigenvalue weighted by Gasteiger charge is -2.13. The van der Waals surface area contributed by atoms with Gasteiger partial charge in [0.05, 0.1) is 6.10 Å². The van der Waals surface area contributed by atoms with Gasteiger partial charge in [-0.25, -0.2) is 9.67 Å². The lowest BCUT2D eigenvalue weighted by atomic mass is 10.1. The molecule has 0 saturated carbocycles. The first-order valence-corrected chi connectivity index (χ1v) is 7.15. The highest BCUT2D eigenvalue weighted by molar-refractivity contribution is 9.10. The largest absolute Gasteiger partial charge is 0.388 e. The molecule has 0 spiro atoms. The van der Waals surface area contributed by atoms with Crippen molar-refractivity contribution in [3.63, 3.8) is 0 Å². The minimum Gasteiger partial charge on any atom is -0.388 e. The number of halogens is 1. The molecule has 1 N–H and O–H groups in total. The summed E-state index contributed by atoms with van der Waals surface area (Å²) in [5, 5.41) is 14.4. The third kappa shape index (κ3) is 3.88. The number of hydrogen-bond donors (Lipinski definition) is 1. The predicted molar refractivity (Wildman–Crippen MR) is 77.7 cm³/mol. The van der Waals surface area contributed by atoms with Crippen molar-refractivity contribution < 1.29 is 5.11 Å². The highest BCUT2D eigenvalue weighted by Gasteiger charge is 2.13. The quantitative estimate of drug-likeness (QED) is 0.920. The summed E-state index contributed by atoms with van der Waals surface area (Å²) >= 11 is 3.39. The van der Waals surface area contributed by atoms with Gasteiger partial charge in [0.1, 0.15) is 12.2 Å². The van der Waals surface area contributed by atoms with Crippen molar-refractivity contribution >= 4 is 15.9 Å². The van der Waals surface area contributed by atoms with Crippen LogP contribution in [0.3, 0.4) is 0 Å². The third-order valence-electron chi connectivity index (χ3n) is 2.86. The van der Waals surface area contributed by atoms with Gasteiger partial charge in [0.15, 0.2) is 0 Å². The second-order valence-electron chi connectivity index (χ2n) is 5.02. The fourth-order valence-electron chi connectivity index (χ4n) is 1.92. The van der Waals surface area contributed by atoms with Crippen molar-refractivity contribution in [2.45, 2.75) is 32.9 Å². The number of rotatable bonds is 5. The molecule has 0 bridgehead atoms. The number of benzene rings is 1. The first-order valence-electron chi connectivity index (χ1n) is 6.36. The van der Waals surface area contributed by atoms with Gasteiger partial charge < -0.3 is 5.11 Å². The molecule has 1 heterocycles. The van der Waals surface area contributed by atoms with Gasteiger partial charge in [0.2, 0.25) is 0 Å². The molecule has 5 heteroatoms. The van der Waals surface area contributed by atoms with E-state index in [9.17, 15) is 5.11 Å². The minimum atomic E-state index is -0.553. The topological polar surface area (TPSA) is 50.9 Å². The smallest absolute Gasteiger partial charge is 0.138 e. The second-order valence-corrected chi connectivity index (χ2v) is 5.94. The van der Waals surface area contributed by atoms with Gasteiger partial charge in [-0.2, -0.15) is 5.10 Å². The summed E-state index contributed by atoms with van der Waals surface area (Å²) in [7, 11) is 0. The zero-order valence-corrected chi connectivity index (χ0v) is 12.7. The van der Waals surface area contributed by atoms with Crippen molar-refractivity contribution in [3.8, 4) is 0 Å². The molecule has 1 aromatic carbocycles. The van der Waals surface area contributed by atoms with Crippen molar-refractivity contribution in [1.82, 2.24) is 14.8 Å². The lowest BCUT2D eigenvalue weighted by molar-refractivity contribution is 0.173. The van der Waals surface area contributed by atoms with Crippen LogP contribution in [-0.4, -0.2) is 19.9 Å². The molecule has 1 unspecified atom stereocenters. The van der Waals surface area contributed by atoms with Crippen LogP contribution in [0.4, 0.5) is 0 Å². The van der Waals surface area contributed by atoms with Crippen LogP contribution in [-0.2, 0) is 13.0 Å². The number of aliphatic hydroxyl groups is 1. The lowest BCUT2D eigenvalue weighted by Crippen LogP contribution is -2.13. The number of nitrogens with zero attached hydrogens (tertiary/aromatic N) is 3. The molecule has 1 aromatic heterocycles. The molecule has 0 amide bonds. The van der Waals surface area contributed by atoms with Crippen LogP contribution in [0.15, 0.2) is 35.1 Å². The monoisotopic (exact) mass is 323 g/mol. The Labute approximate surface area is 121 Å². The molecule has 2 rings (SSSR count). The van der Waals surface area contributed by atoms with E-state index < -0.39 is 6.10 Å². The first-order chi connectivity index (χ1) is 9.06. The maximum Gasteiger partial charge on any atom is 0.138 e.